The molecule has 1 saturated heterocycles. The first-order valence-electron chi connectivity index (χ1n) is 12.8. The lowest BCUT2D eigenvalue weighted by Gasteiger charge is -2.43. The van der Waals surface area contributed by atoms with Crippen LogP contribution < -0.4 is 9.47 Å². The Kier molecular flexibility index (Phi) is 6.08. The minimum absolute atomic E-state index is 0.140. The number of pyridine rings is 1. The molecule has 1 N–H and O–H groups in total. The second-order valence-electron chi connectivity index (χ2n) is 10.6. The Labute approximate surface area is 209 Å². The van der Waals surface area contributed by atoms with Crippen molar-refractivity contribution in [1.82, 2.24) is 25.0 Å². The van der Waals surface area contributed by atoms with Gasteiger partial charge in [-0.3, -0.25) is 19.3 Å². The molecule has 0 radical (unpaired) electrons. The van der Waals surface area contributed by atoms with Gasteiger partial charge in [0.25, 0.3) is 0 Å². The van der Waals surface area contributed by atoms with Gasteiger partial charge in [0, 0.05) is 61.4 Å². The van der Waals surface area contributed by atoms with E-state index in [4.69, 9.17) is 9.47 Å². The van der Waals surface area contributed by atoms with Gasteiger partial charge in [-0.2, -0.15) is 5.10 Å². The standard InChI is InChI=1S/C27H33F2N5O2/c1-17-9-20-19(3-4-23-21(20)13-31-32-23)26(34(17)16-27(29)5-6-27)22-12-30-25(10-24(22)35-2)36-8-7-33-14-18(11-28)15-33/h3-4,10,12-13,17-18,26H,5-9,11,14-16H2,1-2H3,(H,31,32)/t17-,26+/m1/s1. The van der Waals surface area contributed by atoms with Crippen molar-refractivity contribution in [3.05, 3.63) is 47.3 Å². The molecule has 0 bridgehead atoms. The molecule has 36 heavy (non-hydrogen) atoms. The molecule has 3 aliphatic rings. The SMILES string of the molecule is COc1cc(OCCN2CC(CF)C2)ncc1[C@@H]1c2ccc3[nH]ncc3c2C[C@@H](C)N1CC1(F)CC1. The minimum atomic E-state index is -1.12. The highest BCUT2D eigenvalue weighted by Crippen LogP contribution is 2.48. The second kappa shape index (κ2) is 9.27. The highest BCUT2D eigenvalue weighted by molar-refractivity contribution is 5.83. The molecular formula is C27H33F2N5O2. The monoisotopic (exact) mass is 497 g/mol. The summed E-state index contributed by atoms with van der Waals surface area (Å²) < 4.78 is 39.5. The zero-order valence-electron chi connectivity index (χ0n) is 20.8. The zero-order valence-corrected chi connectivity index (χ0v) is 20.8. The molecule has 2 atom stereocenters. The molecule has 192 valence electrons. The number of hydrogen-bond donors (Lipinski definition) is 1. The Hall–Kier alpha value is -2.78. The van der Waals surface area contributed by atoms with E-state index in [9.17, 15) is 4.39 Å². The summed E-state index contributed by atoms with van der Waals surface area (Å²) in [4.78, 5) is 9.06. The molecular weight excluding hydrogens is 464 g/mol. The summed E-state index contributed by atoms with van der Waals surface area (Å²) in [5.41, 5.74) is 3.16. The third-order valence-electron chi connectivity index (χ3n) is 8.02. The van der Waals surface area contributed by atoms with E-state index in [-0.39, 0.29) is 24.7 Å². The maximum atomic E-state index is 15.1. The number of ether oxygens (including phenoxy) is 2. The number of methoxy groups -OCH3 is 1. The first-order valence-corrected chi connectivity index (χ1v) is 12.8. The molecule has 0 amide bonds. The van der Waals surface area contributed by atoms with Crippen LogP contribution in [0.5, 0.6) is 11.6 Å². The van der Waals surface area contributed by atoms with Gasteiger partial charge in [-0.05, 0) is 43.4 Å². The van der Waals surface area contributed by atoms with Crippen molar-refractivity contribution in [2.45, 2.75) is 43.9 Å². The second-order valence-corrected chi connectivity index (χ2v) is 10.6. The largest absolute Gasteiger partial charge is 0.496 e. The topological polar surface area (TPSA) is 66.5 Å². The molecule has 0 spiro atoms. The van der Waals surface area contributed by atoms with Gasteiger partial charge in [-0.15, -0.1) is 0 Å². The van der Waals surface area contributed by atoms with Crippen molar-refractivity contribution in [2.75, 3.05) is 46.6 Å². The van der Waals surface area contributed by atoms with Crippen LogP contribution >= 0.6 is 0 Å². The first-order chi connectivity index (χ1) is 17.5. The number of hydrogen-bond acceptors (Lipinski definition) is 6. The van der Waals surface area contributed by atoms with Gasteiger partial charge in [0.15, 0.2) is 0 Å². The molecule has 2 aliphatic heterocycles. The van der Waals surface area contributed by atoms with Crippen LogP contribution in [-0.4, -0.2) is 83.3 Å². The van der Waals surface area contributed by atoms with E-state index in [1.165, 1.54) is 5.56 Å². The van der Waals surface area contributed by atoms with E-state index in [2.05, 4.69) is 38.0 Å². The number of likely N-dealkylation sites (tertiary alicyclic amines) is 1. The molecule has 2 fully saturated rings. The Balaban J connectivity index is 1.30. The van der Waals surface area contributed by atoms with Crippen molar-refractivity contribution >= 4 is 10.9 Å². The van der Waals surface area contributed by atoms with Crippen LogP contribution in [0.1, 0.15) is 42.5 Å². The highest BCUT2D eigenvalue weighted by Gasteiger charge is 2.48. The van der Waals surface area contributed by atoms with E-state index in [1.807, 2.05) is 24.5 Å². The summed E-state index contributed by atoms with van der Waals surface area (Å²) in [6.07, 6.45) is 5.75. The van der Waals surface area contributed by atoms with Crippen molar-refractivity contribution in [3.8, 4) is 11.6 Å². The van der Waals surface area contributed by atoms with Gasteiger partial charge in [0.2, 0.25) is 5.88 Å². The van der Waals surface area contributed by atoms with Crippen molar-refractivity contribution in [1.29, 1.82) is 0 Å². The fourth-order valence-corrected chi connectivity index (χ4v) is 5.76. The third kappa shape index (κ3) is 4.32. The number of nitrogens with zero attached hydrogens (tertiary/aromatic N) is 4. The normalized spacial score (nSPS) is 23.9. The predicted molar refractivity (Wildman–Crippen MR) is 133 cm³/mol. The average Bonchev–Trinajstić information content (AvgIpc) is 3.37. The fraction of sp³-hybridized carbons (Fsp3) is 0.556. The molecule has 7 nitrogen and oxygen atoms in total. The maximum Gasteiger partial charge on any atom is 0.217 e. The fourth-order valence-electron chi connectivity index (χ4n) is 5.76. The summed E-state index contributed by atoms with van der Waals surface area (Å²) in [5.74, 6) is 1.32. The lowest BCUT2D eigenvalue weighted by Crippen LogP contribution is -2.49. The summed E-state index contributed by atoms with van der Waals surface area (Å²) in [6.45, 7) is 5.08. The number of aromatic amines is 1. The average molecular weight is 498 g/mol. The molecule has 0 unspecified atom stereocenters. The molecule has 4 heterocycles. The molecule has 3 aromatic rings. The summed E-state index contributed by atoms with van der Waals surface area (Å²) >= 11 is 0. The van der Waals surface area contributed by atoms with Gasteiger partial charge in [0.05, 0.1) is 31.5 Å². The van der Waals surface area contributed by atoms with Crippen LogP contribution in [0.15, 0.2) is 30.6 Å². The van der Waals surface area contributed by atoms with Crippen molar-refractivity contribution in [2.24, 2.45) is 5.92 Å². The van der Waals surface area contributed by atoms with E-state index in [0.29, 0.717) is 37.6 Å². The van der Waals surface area contributed by atoms with Gasteiger partial charge >= 0.3 is 0 Å². The van der Waals surface area contributed by atoms with Crippen LogP contribution in [0, 0.1) is 5.92 Å². The number of nitrogens with one attached hydrogen (secondary N) is 1. The molecule has 1 aliphatic carbocycles. The molecule has 2 aromatic heterocycles. The van der Waals surface area contributed by atoms with Gasteiger partial charge in [-0.1, -0.05) is 6.07 Å². The van der Waals surface area contributed by atoms with Gasteiger partial charge < -0.3 is 9.47 Å². The van der Waals surface area contributed by atoms with Crippen molar-refractivity contribution in [3.63, 3.8) is 0 Å². The Morgan fingerprint density at radius 3 is 2.78 bits per heavy atom. The Bertz CT molecular complexity index is 1240. The quantitative estimate of drug-likeness (QED) is 0.481. The molecule has 6 rings (SSSR count). The predicted octanol–water partition coefficient (Wildman–Crippen LogP) is 4.08. The highest BCUT2D eigenvalue weighted by atomic mass is 19.1. The summed E-state index contributed by atoms with van der Waals surface area (Å²) in [7, 11) is 1.65. The molecule has 1 saturated carbocycles. The smallest absolute Gasteiger partial charge is 0.217 e. The minimum Gasteiger partial charge on any atom is -0.496 e. The Morgan fingerprint density at radius 2 is 2.03 bits per heavy atom. The van der Waals surface area contributed by atoms with Gasteiger partial charge in [0.1, 0.15) is 18.0 Å². The van der Waals surface area contributed by atoms with Crippen LogP contribution in [0.4, 0.5) is 8.78 Å². The maximum absolute atomic E-state index is 15.1. The van der Waals surface area contributed by atoms with E-state index >= 15 is 4.39 Å². The summed E-state index contributed by atoms with van der Waals surface area (Å²) in [6, 6.07) is 5.95. The first kappa shape index (κ1) is 23.6. The number of H-pyrrole nitrogens is 1. The molecule has 1 aromatic carbocycles. The van der Waals surface area contributed by atoms with E-state index in [0.717, 1.165) is 48.1 Å². The number of alkyl halides is 2. The van der Waals surface area contributed by atoms with Crippen LogP contribution in [0.25, 0.3) is 10.9 Å². The number of fused-ring (bicyclic) bond motifs is 3. The summed E-state index contributed by atoms with van der Waals surface area (Å²) in [5, 5.41) is 8.43. The Morgan fingerprint density at radius 1 is 1.19 bits per heavy atom. The van der Waals surface area contributed by atoms with Crippen molar-refractivity contribution < 1.29 is 18.3 Å². The lowest BCUT2D eigenvalue weighted by molar-refractivity contribution is 0.0660. The molecule has 9 heteroatoms. The van der Waals surface area contributed by atoms with E-state index < -0.39 is 5.67 Å². The van der Waals surface area contributed by atoms with Crippen LogP contribution in [-0.2, 0) is 6.42 Å². The third-order valence-corrected chi connectivity index (χ3v) is 8.02. The van der Waals surface area contributed by atoms with Crippen LogP contribution in [0.3, 0.4) is 0 Å². The lowest BCUT2D eigenvalue weighted by atomic mass is 9.83. The number of halogens is 2. The number of aromatic nitrogens is 3. The number of benzene rings is 1. The zero-order chi connectivity index (χ0) is 24.9. The van der Waals surface area contributed by atoms with Crippen LogP contribution in [0.2, 0.25) is 0 Å². The van der Waals surface area contributed by atoms with Gasteiger partial charge in [-0.25, -0.2) is 9.37 Å². The van der Waals surface area contributed by atoms with E-state index in [1.54, 1.807) is 7.11 Å². The number of rotatable bonds is 9.